The highest BCUT2D eigenvalue weighted by Crippen LogP contribution is 2.76. The van der Waals surface area contributed by atoms with Gasteiger partial charge in [-0.15, -0.1) is 0 Å². The van der Waals surface area contributed by atoms with Gasteiger partial charge in [0.25, 0.3) is 0 Å². The number of allylic oxidation sites excluding steroid dienone is 1. The number of fused-ring (bicyclic) bond motifs is 7. The van der Waals surface area contributed by atoms with Crippen molar-refractivity contribution >= 4 is 23.5 Å². The second kappa shape index (κ2) is 9.78. The van der Waals surface area contributed by atoms with Crippen LogP contribution < -0.4 is 5.32 Å². The van der Waals surface area contributed by atoms with Crippen molar-refractivity contribution in [3.8, 4) is 0 Å². The number of ether oxygens (including phenoxy) is 1. The van der Waals surface area contributed by atoms with Crippen molar-refractivity contribution in [2.45, 2.75) is 119 Å². The number of nitrogens with zero attached hydrogens (tertiary/aromatic N) is 2. The maximum atomic E-state index is 14.3. The molecular formula is C36H53N3O4. The first-order valence-electron chi connectivity index (χ1n) is 16.8. The topological polar surface area (TPSA) is 90.3 Å². The summed E-state index contributed by atoms with van der Waals surface area (Å²) < 4.78 is 7.61. The number of ketones is 1. The summed E-state index contributed by atoms with van der Waals surface area (Å²) in [6.07, 6.45) is 10.00. The number of carbonyl (C=O) groups is 3. The minimum Gasteiger partial charge on any atom is -0.462 e. The van der Waals surface area contributed by atoms with E-state index in [1.807, 2.05) is 13.1 Å². The summed E-state index contributed by atoms with van der Waals surface area (Å²) in [5.41, 5.74) is 1.50. The molecule has 0 aromatic carbocycles. The van der Waals surface area contributed by atoms with Crippen LogP contribution in [-0.4, -0.2) is 33.5 Å². The molecule has 0 saturated heterocycles. The van der Waals surface area contributed by atoms with E-state index in [1.54, 1.807) is 10.9 Å². The van der Waals surface area contributed by atoms with E-state index >= 15 is 0 Å². The second-order valence-corrected chi connectivity index (χ2v) is 16.5. The van der Waals surface area contributed by atoms with Crippen LogP contribution in [0.4, 0.5) is 5.82 Å². The molecule has 236 valence electrons. The zero-order valence-electron chi connectivity index (χ0n) is 27.9. The van der Waals surface area contributed by atoms with Crippen LogP contribution in [0.15, 0.2) is 23.4 Å². The van der Waals surface area contributed by atoms with Gasteiger partial charge in [-0.3, -0.25) is 19.1 Å². The molecule has 1 N–H and O–H groups in total. The highest BCUT2D eigenvalue weighted by atomic mass is 16.5. The number of carbonyl (C=O) groups excluding carboxylic acids is 3. The van der Waals surface area contributed by atoms with Crippen molar-refractivity contribution in [3.63, 3.8) is 0 Å². The van der Waals surface area contributed by atoms with Crippen LogP contribution in [0.1, 0.15) is 113 Å². The summed E-state index contributed by atoms with van der Waals surface area (Å²) in [5, 5.41) is 7.44. The first kappa shape index (κ1) is 30.6. The SMILES string of the molecule is CC(=O)O[C@H]1CC[C@]2(C)[C@H]3CC[C@@H]4C5=C(C(C)C)C(=O)C[C@]5(C(=O)Nc5ccnn5C)CC[C@@]4(C)[C@]3(C)CC[C@H]2C1(C)C. The van der Waals surface area contributed by atoms with E-state index in [4.69, 9.17) is 4.74 Å². The molecule has 0 aliphatic heterocycles. The third-order valence-corrected chi connectivity index (χ3v) is 14.2. The average molecular weight is 592 g/mol. The Morgan fingerprint density at radius 3 is 2.33 bits per heavy atom. The van der Waals surface area contributed by atoms with Crippen LogP contribution in [0.3, 0.4) is 0 Å². The number of rotatable bonds is 4. The molecule has 5 aliphatic rings. The quantitative estimate of drug-likeness (QED) is 0.372. The van der Waals surface area contributed by atoms with Gasteiger partial charge in [-0.2, -0.15) is 5.10 Å². The van der Waals surface area contributed by atoms with Gasteiger partial charge in [-0.05, 0) is 102 Å². The normalized spacial score (nSPS) is 41.7. The Hall–Kier alpha value is -2.44. The van der Waals surface area contributed by atoms with E-state index in [9.17, 15) is 14.4 Å². The zero-order valence-corrected chi connectivity index (χ0v) is 27.9. The number of anilines is 1. The van der Waals surface area contributed by atoms with Crippen LogP contribution in [0.25, 0.3) is 0 Å². The molecule has 1 amide bonds. The van der Waals surface area contributed by atoms with Crippen molar-refractivity contribution in [1.82, 2.24) is 9.78 Å². The van der Waals surface area contributed by atoms with Gasteiger partial charge in [0.2, 0.25) is 5.91 Å². The lowest BCUT2D eigenvalue weighted by molar-refractivity contribution is -0.232. The molecule has 4 fully saturated rings. The molecule has 4 saturated carbocycles. The van der Waals surface area contributed by atoms with Gasteiger partial charge in [0, 0.05) is 31.9 Å². The summed E-state index contributed by atoms with van der Waals surface area (Å²) in [6, 6.07) is 1.83. The van der Waals surface area contributed by atoms with Gasteiger partial charge in [-0.25, -0.2) is 0 Å². The van der Waals surface area contributed by atoms with E-state index in [0.717, 1.165) is 50.5 Å². The molecule has 1 aromatic heterocycles. The zero-order chi connectivity index (χ0) is 31.3. The minimum atomic E-state index is -0.778. The van der Waals surface area contributed by atoms with E-state index in [-0.39, 0.29) is 63.7 Å². The molecule has 1 aromatic rings. The molecule has 7 nitrogen and oxygen atoms in total. The number of aryl methyl sites for hydroxylation is 1. The Morgan fingerprint density at radius 2 is 1.70 bits per heavy atom. The van der Waals surface area contributed by atoms with E-state index in [0.29, 0.717) is 24.1 Å². The van der Waals surface area contributed by atoms with E-state index in [1.165, 1.54) is 12.5 Å². The van der Waals surface area contributed by atoms with Crippen LogP contribution >= 0.6 is 0 Å². The standard InChI is InChI=1S/C36H53N3O4/c1-21(2)29-24(41)20-36(31(42)38-28-14-19-37-39(28)9)18-17-34(7)23(30(29)36)10-11-26-33(6)15-13-27(43-22(3)40)32(4,5)25(33)12-16-35(26,34)8/h14,19,21,23,25-27H,10-13,15-18,20H2,1-9H3,(H,38,42)/t23-,25+,26-,27+,33+,34-,35-,36-/m1/s1. The van der Waals surface area contributed by atoms with Gasteiger partial charge in [-0.1, -0.05) is 48.5 Å². The summed E-state index contributed by atoms with van der Waals surface area (Å²) in [4.78, 5) is 40.2. The fourth-order valence-corrected chi connectivity index (χ4v) is 12.0. The lowest BCUT2D eigenvalue weighted by Gasteiger charge is -2.72. The first-order valence-corrected chi connectivity index (χ1v) is 16.8. The average Bonchev–Trinajstić information content (AvgIpc) is 3.46. The first-order chi connectivity index (χ1) is 20.0. The third-order valence-electron chi connectivity index (χ3n) is 14.2. The van der Waals surface area contributed by atoms with Crippen molar-refractivity contribution < 1.29 is 19.1 Å². The maximum absolute atomic E-state index is 14.3. The molecule has 0 spiro atoms. The van der Waals surface area contributed by atoms with Crippen molar-refractivity contribution in [1.29, 1.82) is 0 Å². The lowest BCUT2D eigenvalue weighted by Crippen LogP contribution is -2.66. The van der Waals surface area contributed by atoms with Crippen LogP contribution in [0.2, 0.25) is 0 Å². The van der Waals surface area contributed by atoms with Gasteiger partial charge < -0.3 is 10.1 Å². The maximum Gasteiger partial charge on any atom is 0.302 e. The number of hydrogen-bond acceptors (Lipinski definition) is 5. The predicted octanol–water partition coefficient (Wildman–Crippen LogP) is 7.27. The molecule has 0 unspecified atom stereocenters. The van der Waals surface area contributed by atoms with Crippen molar-refractivity contribution in [3.05, 3.63) is 23.4 Å². The lowest BCUT2D eigenvalue weighted by atomic mass is 9.33. The molecule has 7 heteroatoms. The van der Waals surface area contributed by atoms with Crippen molar-refractivity contribution in [2.75, 3.05) is 5.32 Å². The van der Waals surface area contributed by atoms with Gasteiger partial charge in [0.15, 0.2) is 5.78 Å². The Morgan fingerprint density at radius 1 is 0.977 bits per heavy atom. The Labute approximate surface area is 258 Å². The minimum absolute atomic E-state index is 0.00280. The Bertz CT molecular complexity index is 1390. The summed E-state index contributed by atoms with van der Waals surface area (Å²) in [7, 11) is 1.83. The number of aromatic nitrogens is 2. The highest BCUT2D eigenvalue weighted by Gasteiger charge is 2.71. The van der Waals surface area contributed by atoms with E-state index in [2.05, 4.69) is 58.9 Å². The summed E-state index contributed by atoms with van der Waals surface area (Å²) in [6.45, 7) is 18.1. The Kier molecular flexibility index (Phi) is 6.95. The molecule has 0 bridgehead atoms. The number of esters is 1. The number of Topliss-reactive ketones (excluding diaryl/α,β-unsaturated/α-hetero) is 1. The molecule has 5 aliphatic carbocycles. The molecule has 0 radical (unpaired) electrons. The highest BCUT2D eigenvalue weighted by molar-refractivity contribution is 6.09. The van der Waals surface area contributed by atoms with Gasteiger partial charge in [0.1, 0.15) is 11.9 Å². The second-order valence-electron chi connectivity index (χ2n) is 16.5. The fourth-order valence-electron chi connectivity index (χ4n) is 12.0. The van der Waals surface area contributed by atoms with E-state index < -0.39 is 5.41 Å². The Balaban J connectivity index is 1.39. The monoisotopic (exact) mass is 591 g/mol. The van der Waals surface area contributed by atoms with Crippen molar-refractivity contribution in [2.24, 2.45) is 57.8 Å². The van der Waals surface area contributed by atoms with Crippen LogP contribution in [0, 0.1) is 50.7 Å². The number of hydrogen-bond donors (Lipinski definition) is 1. The van der Waals surface area contributed by atoms with Gasteiger partial charge in [0.05, 0.1) is 11.6 Å². The smallest absolute Gasteiger partial charge is 0.302 e. The molecule has 1 heterocycles. The van der Waals surface area contributed by atoms with Crippen LogP contribution in [0.5, 0.6) is 0 Å². The summed E-state index contributed by atoms with van der Waals surface area (Å²) in [5.74, 6) is 1.98. The predicted molar refractivity (Wildman–Crippen MR) is 167 cm³/mol. The largest absolute Gasteiger partial charge is 0.462 e. The number of amides is 1. The molecule has 43 heavy (non-hydrogen) atoms. The fraction of sp³-hybridized carbons (Fsp3) is 0.778. The summed E-state index contributed by atoms with van der Waals surface area (Å²) >= 11 is 0. The molecular weight excluding hydrogens is 538 g/mol. The van der Waals surface area contributed by atoms with Gasteiger partial charge >= 0.3 is 5.97 Å². The third kappa shape index (κ3) is 4.04. The molecule has 8 atom stereocenters. The van der Waals surface area contributed by atoms with Crippen LogP contribution in [-0.2, 0) is 26.2 Å². The molecule has 6 rings (SSSR count). The number of nitrogens with one attached hydrogen (secondary N) is 1.